The topological polar surface area (TPSA) is 122 Å². The Morgan fingerprint density at radius 1 is 1.54 bits per heavy atom. The number of piperidine rings is 1. The van der Waals surface area contributed by atoms with Crippen molar-refractivity contribution >= 4 is 17.5 Å². The first-order chi connectivity index (χ1) is 13.4. The van der Waals surface area contributed by atoms with Crippen LogP contribution in [0, 0.1) is 29.0 Å². The van der Waals surface area contributed by atoms with Crippen molar-refractivity contribution in [2.24, 2.45) is 17.1 Å². The summed E-state index contributed by atoms with van der Waals surface area (Å²) >= 11 is 0. The zero-order chi connectivity index (χ0) is 20.3. The molecule has 3 atom stereocenters. The van der Waals surface area contributed by atoms with E-state index in [2.05, 4.69) is 16.2 Å². The monoisotopic (exact) mass is 389 g/mol. The van der Waals surface area contributed by atoms with Crippen LogP contribution in [0.4, 0.5) is 20.6 Å². The third-order valence-corrected chi connectivity index (χ3v) is 5.49. The summed E-state index contributed by atoms with van der Waals surface area (Å²) in [5, 5.41) is 22.0. The minimum Gasteiger partial charge on any atom is -0.410 e. The fourth-order valence-electron chi connectivity index (χ4n) is 3.97. The lowest BCUT2D eigenvalue weighted by molar-refractivity contribution is 0.138. The normalized spacial score (nSPS) is 26.3. The standard InChI is InChI=1S/C18H22FN6O3/c1-12-10-25(23-22-21,18(27)28-12)15-2-3-17(16(19)8-15)24-6-4-13(5-7-24)14(9-20)11-26/h2-3,8,12-14,26H,4-7,10-11H2,1H3/q+1/t12?,14?,25-/m0/s1. The Morgan fingerprint density at radius 2 is 2.25 bits per heavy atom. The third-order valence-electron chi connectivity index (χ3n) is 5.49. The number of ether oxygens (including phenoxy) is 1. The van der Waals surface area contributed by atoms with Crippen LogP contribution >= 0.6 is 0 Å². The molecule has 2 aliphatic rings. The molecule has 1 amide bonds. The lowest BCUT2D eigenvalue weighted by Crippen LogP contribution is -2.44. The summed E-state index contributed by atoms with van der Waals surface area (Å²) in [4.78, 5) is 16.9. The summed E-state index contributed by atoms with van der Waals surface area (Å²) in [6.07, 6.45) is 0.189. The van der Waals surface area contributed by atoms with Gasteiger partial charge >= 0.3 is 6.09 Å². The number of aliphatic hydroxyl groups excluding tert-OH is 1. The Hall–Kier alpha value is -2.86. The van der Waals surface area contributed by atoms with Crippen LogP contribution in [-0.2, 0) is 4.74 Å². The molecule has 2 heterocycles. The number of nitrogens with zero attached hydrogens (tertiary/aromatic N) is 6. The highest BCUT2D eigenvalue weighted by atomic mass is 19.1. The molecule has 0 spiro atoms. The SMILES string of the molecule is CC1C[N@+](N=[N+]=[N-])(c2ccc(N3CCC(C(C#N)CO)CC3)c(F)c2)C(=O)O1. The number of benzene rings is 1. The zero-order valence-electron chi connectivity index (χ0n) is 15.5. The van der Waals surface area contributed by atoms with Gasteiger partial charge in [-0.3, -0.25) is 0 Å². The number of amides is 1. The number of carbonyl (C=O) groups excluding carboxylic acids is 1. The molecule has 1 aromatic carbocycles. The number of quaternary nitrogens is 1. The van der Waals surface area contributed by atoms with Gasteiger partial charge in [-0.05, 0) is 31.7 Å². The van der Waals surface area contributed by atoms with Crippen molar-refractivity contribution in [1.82, 2.24) is 4.59 Å². The predicted octanol–water partition coefficient (Wildman–Crippen LogP) is 3.25. The molecule has 2 aliphatic heterocycles. The van der Waals surface area contributed by atoms with Gasteiger partial charge in [0.15, 0.2) is 17.6 Å². The van der Waals surface area contributed by atoms with Gasteiger partial charge in [-0.2, -0.15) is 10.1 Å². The Bertz CT molecular complexity index is 844. The average Bonchev–Trinajstić information content (AvgIpc) is 2.98. The summed E-state index contributed by atoms with van der Waals surface area (Å²) in [5.41, 5.74) is 9.49. The minimum atomic E-state index is -0.753. The van der Waals surface area contributed by atoms with Crippen LogP contribution in [0.3, 0.4) is 0 Å². The van der Waals surface area contributed by atoms with Gasteiger partial charge in [0.25, 0.3) is 0 Å². The van der Waals surface area contributed by atoms with Crippen molar-refractivity contribution in [2.75, 3.05) is 31.1 Å². The van der Waals surface area contributed by atoms with Gasteiger partial charge in [-0.25, -0.2) is 4.39 Å². The van der Waals surface area contributed by atoms with Gasteiger partial charge < -0.3 is 14.7 Å². The highest BCUT2D eigenvalue weighted by molar-refractivity contribution is 5.84. The number of aliphatic hydroxyl groups is 1. The van der Waals surface area contributed by atoms with Crippen LogP contribution < -0.4 is 9.49 Å². The van der Waals surface area contributed by atoms with E-state index >= 15 is 0 Å². The molecule has 9 nitrogen and oxygen atoms in total. The molecule has 0 aromatic heterocycles. The molecule has 1 N–H and O–H groups in total. The van der Waals surface area contributed by atoms with Crippen molar-refractivity contribution in [1.29, 1.82) is 5.26 Å². The van der Waals surface area contributed by atoms with Crippen LogP contribution in [0.5, 0.6) is 0 Å². The van der Waals surface area contributed by atoms with Gasteiger partial charge in [-0.1, -0.05) is 4.59 Å². The minimum absolute atomic E-state index is 0.0910. The first kappa shape index (κ1) is 19.9. The predicted molar refractivity (Wildman–Crippen MR) is 99.3 cm³/mol. The number of carbonyl (C=O) groups is 1. The molecule has 2 unspecified atom stereocenters. The van der Waals surface area contributed by atoms with E-state index in [4.69, 9.17) is 15.5 Å². The number of azide groups is 1. The van der Waals surface area contributed by atoms with E-state index in [1.807, 2.05) is 4.90 Å². The van der Waals surface area contributed by atoms with Gasteiger partial charge in [0.2, 0.25) is 0 Å². The number of nitriles is 1. The average molecular weight is 389 g/mol. The van der Waals surface area contributed by atoms with Crippen molar-refractivity contribution in [3.63, 3.8) is 0 Å². The molecule has 148 valence electrons. The second-order valence-corrected chi connectivity index (χ2v) is 7.20. The number of halogens is 1. The molecule has 2 saturated heterocycles. The van der Waals surface area contributed by atoms with E-state index in [1.54, 1.807) is 19.1 Å². The lowest BCUT2D eigenvalue weighted by Gasteiger charge is -2.35. The Kier molecular flexibility index (Phi) is 5.70. The lowest BCUT2D eigenvalue weighted by atomic mass is 9.85. The number of cyclic esters (lactones) is 1. The highest BCUT2D eigenvalue weighted by Crippen LogP contribution is 2.36. The van der Waals surface area contributed by atoms with E-state index in [0.717, 1.165) is 0 Å². The highest BCUT2D eigenvalue weighted by Gasteiger charge is 2.51. The second-order valence-electron chi connectivity index (χ2n) is 7.20. The maximum absolute atomic E-state index is 14.9. The van der Waals surface area contributed by atoms with Crippen molar-refractivity contribution in [3.8, 4) is 6.07 Å². The number of hydrogen-bond donors (Lipinski definition) is 1. The Morgan fingerprint density at radius 3 is 2.75 bits per heavy atom. The van der Waals surface area contributed by atoms with Crippen LogP contribution in [0.25, 0.3) is 10.4 Å². The molecule has 10 heteroatoms. The molecule has 0 aliphatic carbocycles. The van der Waals surface area contributed by atoms with Gasteiger partial charge in [0.05, 0.1) is 29.2 Å². The smallest absolute Gasteiger partial charge is 0.410 e. The molecule has 0 bridgehead atoms. The van der Waals surface area contributed by atoms with E-state index in [1.165, 1.54) is 6.07 Å². The van der Waals surface area contributed by atoms with Crippen LogP contribution in [0.1, 0.15) is 19.8 Å². The van der Waals surface area contributed by atoms with Crippen LogP contribution in [-0.4, -0.2) is 43.5 Å². The van der Waals surface area contributed by atoms with Crippen molar-refractivity contribution in [3.05, 3.63) is 34.5 Å². The van der Waals surface area contributed by atoms with Crippen LogP contribution in [0.2, 0.25) is 0 Å². The van der Waals surface area contributed by atoms with E-state index in [9.17, 15) is 14.3 Å². The first-order valence-electron chi connectivity index (χ1n) is 9.16. The maximum atomic E-state index is 14.9. The quantitative estimate of drug-likeness (QED) is 0.358. The maximum Gasteiger partial charge on any atom is 0.537 e. The number of rotatable bonds is 5. The summed E-state index contributed by atoms with van der Waals surface area (Å²) in [5.74, 6) is -0.827. The summed E-state index contributed by atoms with van der Waals surface area (Å²) in [6, 6.07) is 6.48. The van der Waals surface area contributed by atoms with Crippen LogP contribution in [0.15, 0.2) is 23.4 Å². The summed E-state index contributed by atoms with van der Waals surface area (Å²) in [6.45, 7) is 2.74. The molecule has 2 fully saturated rings. The largest absolute Gasteiger partial charge is 0.537 e. The van der Waals surface area contributed by atoms with Crippen molar-refractivity contribution < 1.29 is 19.0 Å². The third kappa shape index (κ3) is 3.47. The molecule has 3 rings (SSSR count). The van der Waals surface area contributed by atoms with Gasteiger partial charge in [0, 0.05) is 30.8 Å². The Balaban J connectivity index is 1.81. The van der Waals surface area contributed by atoms with E-state index in [0.29, 0.717) is 31.6 Å². The molecule has 28 heavy (non-hydrogen) atoms. The van der Waals surface area contributed by atoms with Gasteiger partial charge in [0.1, 0.15) is 11.8 Å². The fraction of sp³-hybridized carbons (Fsp3) is 0.556. The second kappa shape index (κ2) is 8.02. The first-order valence-corrected chi connectivity index (χ1v) is 9.16. The van der Waals surface area contributed by atoms with E-state index in [-0.39, 0.29) is 24.8 Å². The molecular weight excluding hydrogens is 367 g/mol. The number of anilines is 1. The summed E-state index contributed by atoms with van der Waals surface area (Å²) < 4.78 is 19.2. The molecular formula is C18H22FN6O3+. The number of hydrogen-bond acceptors (Lipinski definition) is 6. The Labute approximate surface area is 161 Å². The zero-order valence-corrected chi connectivity index (χ0v) is 15.5. The van der Waals surface area contributed by atoms with Gasteiger partial charge in [-0.15, -0.1) is 0 Å². The molecule has 0 saturated carbocycles. The molecule has 0 radical (unpaired) electrons. The van der Waals surface area contributed by atoms with Crippen molar-refractivity contribution in [2.45, 2.75) is 25.9 Å². The summed E-state index contributed by atoms with van der Waals surface area (Å²) in [7, 11) is 0. The fourth-order valence-corrected chi connectivity index (χ4v) is 3.97. The molecule has 1 aromatic rings. The van der Waals surface area contributed by atoms with E-state index < -0.39 is 28.5 Å².